The van der Waals surface area contributed by atoms with E-state index in [0.717, 1.165) is 50.2 Å². The summed E-state index contributed by atoms with van der Waals surface area (Å²) < 4.78 is 43.0. The van der Waals surface area contributed by atoms with Gasteiger partial charge in [0.05, 0.1) is 11.8 Å². The number of piperazine rings is 1. The Hall–Kier alpha value is -4.01. The summed E-state index contributed by atoms with van der Waals surface area (Å²) in [6.07, 6.45) is 2.53. The van der Waals surface area contributed by atoms with Gasteiger partial charge in [-0.05, 0) is 35.9 Å². The van der Waals surface area contributed by atoms with Crippen molar-refractivity contribution in [1.29, 1.82) is 0 Å². The van der Waals surface area contributed by atoms with Gasteiger partial charge in [0.1, 0.15) is 47.5 Å². The SMILES string of the molecule is CNC(=O)OCc1cc(F)c(-c2ncc3c(n2)c(-c2ccc(N4CCNCC4)nc2)nn3COCC[Si](C)(C)C)c(F)c1. The van der Waals surface area contributed by atoms with E-state index in [2.05, 4.69) is 50.1 Å². The van der Waals surface area contributed by atoms with Crippen molar-refractivity contribution < 1.29 is 23.0 Å². The summed E-state index contributed by atoms with van der Waals surface area (Å²) in [5, 5.41) is 10.4. The summed E-state index contributed by atoms with van der Waals surface area (Å²) in [7, 11) is 0.112. The highest BCUT2D eigenvalue weighted by atomic mass is 28.3. The Labute approximate surface area is 249 Å². The molecular weight excluding hydrogens is 574 g/mol. The fraction of sp³-hybridized carbons (Fsp3) is 0.414. The van der Waals surface area contributed by atoms with E-state index in [1.165, 1.54) is 13.2 Å². The van der Waals surface area contributed by atoms with Crippen LogP contribution in [-0.2, 0) is 22.8 Å². The van der Waals surface area contributed by atoms with Crippen molar-refractivity contribution in [2.45, 2.75) is 39.0 Å². The van der Waals surface area contributed by atoms with Crippen LogP contribution in [0.2, 0.25) is 25.7 Å². The molecule has 0 aliphatic carbocycles. The maximum atomic E-state index is 15.2. The lowest BCUT2D eigenvalue weighted by atomic mass is 10.1. The molecule has 0 radical (unpaired) electrons. The van der Waals surface area contributed by atoms with Crippen molar-refractivity contribution in [3.63, 3.8) is 0 Å². The number of rotatable bonds is 10. The maximum Gasteiger partial charge on any atom is 0.407 e. The minimum absolute atomic E-state index is 0.132. The van der Waals surface area contributed by atoms with Crippen LogP contribution in [0.5, 0.6) is 0 Å². The zero-order chi connectivity index (χ0) is 30.6. The Balaban J connectivity index is 1.49. The van der Waals surface area contributed by atoms with E-state index in [9.17, 15) is 4.79 Å². The molecule has 0 unspecified atom stereocenters. The van der Waals surface area contributed by atoms with Crippen LogP contribution in [0.4, 0.5) is 19.4 Å². The first kappa shape index (κ1) is 30.4. The summed E-state index contributed by atoms with van der Waals surface area (Å²) in [5.74, 6) is -1.02. The number of aromatic nitrogens is 5. The third-order valence-electron chi connectivity index (χ3n) is 7.06. The lowest BCUT2D eigenvalue weighted by Crippen LogP contribution is -2.43. The topological polar surface area (TPSA) is 119 Å². The maximum absolute atomic E-state index is 15.2. The number of hydrogen-bond acceptors (Lipinski definition) is 9. The van der Waals surface area contributed by atoms with E-state index in [4.69, 9.17) is 14.6 Å². The van der Waals surface area contributed by atoms with E-state index >= 15 is 8.78 Å². The van der Waals surface area contributed by atoms with Gasteiger partial charge in [-0.25, -0.2) is 33.2 Å². The Bertz CT molecular complexity index is 1560. The number of nitrogens with zero attached hydrogens (tertiary/aromatic N) is 6. The number of hydrogen-bond donors (Lipinski definition) is 2. The van der Waals surface area contributed by atoms with E-state index < -0.39 is 25.8 Å². The average Bonchev–Trinajstić information content (AvgIpc) is 3.35. The first-order valence-corrected chi connectivity index (χ1v) is 17.9. The molecule has 0 bridgehead atoms. The lowest BCUT2D eigenvalue weighted by molar-refractivity contribution is 0.0818. The number of carbonyl (C=O) groups excluding carboxylic acids is 1. The highest BCUT2D eigenvalue weighted by molar-refractivity contribution is 6.76. The van der Waals surface area contributed by atoms with Gasteiger partial charge in [0.15, 0.2) is 5.82 Å². The monoisotopic (exact) mass is 610 g/mol. The number of pyridine rings is 1. The van der Waals surface area contributed by atoms with Crippen LogP contribution in [0, 0.1) is 11.6 Å². The van der Waals surface area contributed by atoms with E-state index in [1.54, 1.807) is 10.9 Å². The summed E-state index contributed by atoms with van der Waals surface area (Å²) in [6, 6.07) is 7.07. The predicted molar refractivity (Wildman–Crippen MR) is 162 cm³/mol. The molecule has 1 aromatic carbocycles. The van der Waals surface area contributed by atoms with Gasteiger partial charge in [-0.2, -0.15) is 5.10 Å². The molecule has 1 amide bonds. The summed E-state index contributed by atoms with van der Waals surface area (Å²) in [4.78, 5) is 27.2. The Morgan fingerprint density at radius 3 is 2.49 bits per heavy atom. The molecule has 3 aromatic heterocycles. The molecule has 1 aliphatic rings. The van der Waals surface area contributed by atoms with Gasteiger partial charge in [0, 0.05) is 59.7 Å². The fourth-order valence-corrected chi connectivity index (χ4v) is 5.41. The normalized spacial score (nSPS) is 13.9. The molecule has 2 N–H and O–H groups in total. The van der Waals surface area contributed by atoms with Crippen LogP contribution in [0.25, 0.3) is 33.7 Å². The summed E-state index contributed by atoms with van der Waals surface area (Å²) >= 11 is 0. The summed E-state index contributed by atoms with van der Waals surface area (Å²) in [6.45, 7) is 10.8. The second-order valence-corrected chi connectivity index (χ2v) is 17.1. The highest BCUT2D eigenvalue weighted by Gasteiger charge is 2.22. The minimum Gasteiger partial charge on any atom is -0.445 e. The van der Waals surface area contributed by atoms with Crippen LogP contribution in [0.3, 0.4) is 0 Å². The zero-order valence-corrected chi connectivity index (χ0v) is 25.8. The zero-order valence-electron chi connectivity index (χ0n) is 24.8. The van der Waals surface area contributed by atoms with Crippen molar-refractivity contribution in [3.8, 4) is 22.6 Å². The smallest absolute Gasteiger partial charge is 0.407 e. The third kappa shape index (κ3) is 7.32. The number of halogens is 2. The lowest BCUT2D eigenvalue weighted by Gasteiger charge is -2.28. The van der Waals surface area contributed by atoms with Crippen LogP contribution in [0.15, 0.2) is 36.7 Å². The van der Waals surface area contributed by atoms with E-state index in [-0.39, 0.29) is 30.3 Å². The molecule has 5 rings (SSSR count). The van der Waals surface area contributed by atoms with Gasteiger partial charge in [-0.1, -0.05) is 19.6 Å². The first-order valence-electron chi connectivity index (χ1n) is 14.2. The van der Waals surface area contributed by atoms with Crippen molar-refractivity contribution in [2.24, 2.45) is 0 Å². The Kier molecular flexibility index (Phi) is 9.27. The number of benzene rings is 1. The number of anilines is 1. The van der Waals surface area contributed by atoms with Crippen molar-refractivity contribution in [2.75, 3.05) is 44.7 Å². The standard InChI is InChI=1S/C29H36F2N8O3Si/c1-32-29(40)42-17-19-13-21(30)25(22(31)14-19)28-35-16-23-27(36-28)26(37-39(23)18-41-11-12-43(2,3)4)20-5-6-24(34-15-20)38-9-7-33-8-10-38/h5-6,13-16,33H,7-12,17-18H2,1-4H3,(H,32,40). The second-order valence-electron chi connectivity index (χ2n) is 11.5. The fourth-order valence-electron chi connectivity index (χ4n) is 4.65. The number of ether oxygens (including phenoxy) is 2. The van der Waals surface area contributed by atoms with Crippen LogP contribution < -0.4 is 15.5 Å². The van der Waals surface area contributed by atoms with E-state index in [0.29, 0.717) is 28.9 Å². The first-order chi connectivity index (χ1) is 20.6. The molecule has 0 spiro atoms. The molecule has 4 aromatic rings. The largest absolute Gasteiger partial charge is 0.445 e. The molecule has 1 saturated heterocycles. The molecule has 4 heterocycles. The highest BCUT2D eigenvalue weighted by Crippen LogP contribution is 2.31. The van der Waals surface area contributed by atoms with Gasteiger partial charge in [0.2, 0.25) is 0 Å². The quantitative estimate of drug-likeness (QED) is 0.199. The molecule has 0 atom stereocenters. The predicted octanol–water partition coefficient (Wildman–Crippen LogP) is 4.41. The minimum atomic E-state index is -1.28. The molecule has 11 nitrogen and oxygen atoms in total. The molecule has 1 aliphatic heterocycles. The number of alkyl carbamates (subject to hydrolysis) is 1. The second kappa shape index (κ2) is 13.1. The third-order valence-corrected chi connectivity index (χ3v) is 8.77. The van der Waals surface area contributed by atoms with Gasteiger partial charge < -0.3 is 25.0 Å². The molecule has 228 valence electrons. The van der Waals surface area contributed by atoms with Gasteiger partial charge in [0.25, 0.3) is 0 Å². The van der Waals surface area contributed by atoms with Crippen LogP contribution in [0.1, 0.15) is 5.56 Å². The van der Waals surface area contributed by atoms with Crippen molar-refractivity contribution >= 4 is 31.0 Å². The van der Waals surface area contributed by atoms with Crippen molar-refractivity contribution in [1.82, 2.24) is 35.4 Å². The summed E-state index contributed by atoms with van der Waals surface area (Å²) in [5.41, 5.74) is 1.96. The number of nitrogens with one attached hydrogen (secondary N) is 2. The van der Waals surface area contributed by atoms with Crippen molar-refractivity contribution in [3.05, 3.63) is 53.9 Å². The molecule has 14 heteroatoms. The molecule has 1 fully saturated rings. The number of fused-ring (bicyclic) bond motifs is 1. The van der Waals surface area contributed by atoms with Gasteiger partial charge in [-0.3, -0.25) is 0 Å². The van der Waals surface area contributed by atoms with Crippen LogP contribution in [-0.4, -0.2) is 78.7 Å². The number of carbonyl (C=O) groups is 1. The van der Waals surface area contributed by atoms with Gasteiger partial charge >= 0.3 is 6.09 Å². The van der Waals surface area contributed by atoms with Gasteiger partial charge in [-0.15, -0.1) is 0 Å². The average molecular weight is 611 g/mol. The number of amides is 1. The molecule has 0 saturated carbocycles. The Morgan fingerprint density at radius 1 is 1.09 bits per heavy atom. The van der Waals surface area contributed by atoms with E-state index in [1.807, 2.05) is 12.1 Å². The molecular formula is C29H36F2N8O3Si. The molecule has 43 heavy (non-hydrogen) atoms. The van der Waals surface area contributed by atoms with Crippen LogP contribution >= 0.6 is 0 Å². The Morgan fingerprint density at radius 2 is 1.84 bits per heavy atom.